The number of amides is 5. The zero-order chi connectivity index (χ0) is 34.4. The van der Waals surface area contributed by atoms with Crippen LogP contribution in [0.2, 0.25) is 0 Å². The molecule has 0 aliphatic rings. The Morgan fingerprint density at radius 2 is 1.36 bits per heavy atom. The molecular formula is C26H43N5O12P2. The minimum absolute atomic E-state index is 0.0805. The molecule has 19 heteroatoms. The lowest BCUT2D eigenvalue weighted by atomic mass is 10.0. The predicted octanol–water partition coefficient (Wildman–Crippen LogP) is -1.21. The van der Waals surface area contributed by atoms with Crippen LogP contribution in [0.4, 0.5) is 0 Å². The second kappa shape index (κ2) is 18.1. The molecule has 0 saturated carbocycles. The average molecular weight is 680 g/mol. The van der Waals surface area contributed by atoms with Gasteiger partial charge in [0, 0.05) is 25.8 Å². The Morgan fingerprint density at radius 3 is 1.89 bits per heavy atom. The fraction of sp³-hybridized carbons (Fsp3) is 0.577. The fourth-order valence-electron chi connectivity index (χ4n) is 3.95. The normalized spacial score (nSPS) is 13.4. The van der Waals surface area contributed by atoms with Gasteiger partial charge in [0.2, 0.25) is 29.5 Å². The first-order chi connectivity index (χ1) is 20.8. The molecule has 2 atom stereocenters. The van der Waals surface area contributed by atoms with Gasteiger partial charge < -0.3 is 51.3 Å². The second-order valence-electron chi connectivity index (χ2n) is 10.7. The van der Waals surface area contributed by atoms with Crippen LogP contribution >= 0.6 is 15.2 Å². The molecule has 45 heavy (non-hydrogen) atoms. The van der Waals surface area contributed by atoms with Crippen LogP contribution in [-0.2, 0) is 39.5 Å². The summed E-state index contributed by atoms with van der Waals surface area (Å²) in [5.41, 5.74) is 0.720. The molecule has 1 aromatic carbocycles. The summed E-state index contributed by atoms with van der Waals surface area (Å²) >= 11 is 0. The highest BCUT2D eigenvalue weighted by atomic mass is 31.2. The van der Waals surface area contributed by atoms with Crippen molar-refractivity contribution in [3.8, 4) is 0 Å². The third-order valence-corrected chi connectivity index (χ3v) is 10.3. The highest BCUT2D eigenvalue weighted by Crippen LogP contribution is 2.69. The Hall–Kier alpha value is -3.17. The first kappa shape index (κ1) is 39.9. The number of carbonyl (C=O) groups excluding carboxylic acids is 5. The van der Waals surface area contributed by atoms with Gasteiger partial charge in [0.1, 0.15) is 12.1 Å². The molecule has 2 unspecified atom stereocenters. The Kier molecular flexibility index (Phi) is 16.0. The average Bonchev–Trinajstić information content (AvgIpc) is 2.95. The summed E-state index contributed by atoms with van der Waals surface area (Å²) < 4.78 is 22.8. The summed E-state index contributed by atoms with van der Waals surface area (Å²) in [5, 5.41) is 18.5. The van der Waals surface area contributed by atoms with Crippen molar-refractivity contribution in [2.75, 3.05) is 19.6 Å². The van der Waals surface area contributed by atoms with E-state index in [1.165, 1.54) is 0 Å². The SMILES string of the molecule is CCC(=O)NCC(=O)NC(Cc1ccccc1)C(=O)NC(CC(C)C)C(=O)NCC(=O)NCCCC(O)(P(=O)(O)O)P(=O)(O)O. The predicted molar refractivity (Wildman–Crippen MR) is 161 cm³/mol. The quantitative estimate of drug-likeness (QED) is 0.0609. The van der Waals surface area contributed by atoms with E-state index >= 15 is 0 Å². The number of benzene rings is 1. The Bertz CT molecular complexity index is 1250. The smallest absolute Gasteiger partial charge is 0.368 e. The third kappa shape index (κ3) is 13.8. The van der Waals surface area contributed by atoms with Crippen LogP contribution in [0.3, 0.4) is 0 Å². The topological polar surface area (TPSA) is 281 Å². The number of rotatable bonds is 19. The molecule has 0 bridgehead atoms. The van der Waals surface area contributed by atoms with Crippen molar-refractivity contribution in [2.24, 2.45) is 5.92 Å². The summed E-state index contributed by atoms with van der Waals surface area (Å²) in [6.07, 6.45) is -1.03. The molecule has 0 radical (unpaired) electrons. The maximum Gasteiger partial charge on any atom is 0.369 e. The van der Waals surface area contributed by atoms with Crippen molar-refractivity contribution in [2.45, 2.75) is 70.0 Å². The first-order valence-corrected chi connectivity index (χ1v) is 17.3. The molecule has 0 saturated heterocycles. The van der Waals surface area contributed by atoms with Gasteiger partial charge in [0.15, 0.2) is 0 Å². The zero-order valence-corrected chi connectivity index (χ0v) is 27.1. The van der Waals surface area contributed by atoms with Gasteiger partial charge in [-0.05, 0) is 24.3 Å². The molecule has 0 spiro atoms. The highest BCUT2D eigenvalue weighted by molar-refractivity contribution is 7.72. The zero-order valence-electron chi connectivity index (χ0n) is 25.3. The number of carbonyl (C=O) groups is 5. The van der Waals surface area contributed by atoms with Crippen LogP contribution in [0, 0.1) is 5.92 Å². The van der Waals surface area contributed by atoms with Gasteiger partial charge in [-0.1, -0.05) is 51.1 Å². The van der Waals surface area contributed by atoms with E-state index in [1.54, 1.807) is 51.1 Å². The number of aliphatic hydroxyl groups is 1. The monoisotopic (exact) mass is 679 g/mol. The van der Waals surface area contributed by atoms with E-state index in [1.807, 2.05) is 0 Å². The number of hydrogen-bond donors (Lipinski definition) is 10. The summed E-state index contributed by atoms with van der Waals surface area (Å²) in [7, 11) is -11.3. The van der Waals surface area contributed by atoms with Gasteiger partial charge in [-0.15, -0.1) is 0 Å². The lowest BCUT2D eigenvalue weighted by Crippen LogP contribution is -2.56. The fourth-order valence-corrected chi connectivity index (χ4v) is 6.21. The third-order valence-electron chi connectivity index (χ3n) is 6.41. The van der Waals surface area contributed by atoms with Gasteiger partial charge in [-0.3, -0.25) is 33.1 Å². The molecule has 0 aliphatic heterocycles. The largest absolute Gasteiger partial charge is 0.369 e. The minimum atomic E-state index is -5.63. The van der Waals surface area contributed by atoms with Crippen LogP contribution in [0.1, 0.15) is 52.0 Å². The van der Waals surface area contributed by atoms with E-state index in [9.17, 15) is 57.8 Å². The molecule has 1 aromatic rings. The lowest BCUT2D eigenvalue weighted by molar-refractivity contribution is -0.133. The van der Waals surface area contributed by atoms with Gasteiger partial charge in [0.05, 0.1) is 13.1 Å². The standard InChI is InChI=1S/C26H43N5O12P2/c1-4-21(32)28-16-23(34)30-20(14-18-9-6-5-7-10-18)25(36)31-19(13-17(2)3)24(35)29-15-22(33)27-12-8-11-26(37,44(38,39)40)45(41,42)43/h5-7,9-10,17,19-20,37H,4,8,11-16H2,1-3H3,(H,27,33)(H,28,32)(H,29,35)(H,30,34)(H,31,36)(H2,38,39,40)(H2,41,42,43). The van der Waals surface area contributed by atoms with Gasteiger partial charge in [-0.2, -0.15) is 0 Å². The number of nitrogens with one attached hydrogen (secondary N) is 5. The van der Waals surface area contributed by atoms with E-state index in [-0.39, 0.29) is 44.2 Å². The van der Waals surface area contributed by atoms with Gasteiger partial charge in [0.25, 0.3) is 5.08 Å². The van der Waals surface area contributed by atoms with E-state index < -0.39 is 75.4 Å². The molecule has 1 rings (SSSR count). The summed E-state index contributed by atoms with van der Waals surface area (Å²) in [6.45, 7) is 3.95. The maximum atomic E-state index is 13.3. The molecule has 10 N–H and O–H groups in total. The Labute approximate surface area is 260 Å². The second-order valence-corrected chi connectivity index (χ2v) is 14.7. The molecular weight excluding hydrogens is 636 g/mol. The molecule has 0 heterocycles. The van der Waals surface area contributed by atoms with Crippen LogP contribution in [0.5, 0.6) is 0 Å². The molecule has 0 aliphatic carbocycles. The summed E-state index contributed by atoms with van der Waals surface area (Å²) in [4.78, 5) is 99.2. The van der Waals surface area contributed by atoms with Crippen LogP contribution < -0.4 is 26.6 Å². The lowest BCUT2D eigenvalue weighted by Gasteiger charge is -2.29. The molecule has 0 aromatic heterocycles. The summed E-state index contributed by atoms with van der Waals surface area (Å²) in [6, 6.07) is 6.57. The van der Waals surface area contributed by atoms with Gasteiger partial charge in [-0.25, -0.2) is 0 Å². The Morgan fingerprint density at radius 1 is 0.778 bits per heavy atom. The van der Waals surface area contributed by atoms with Crippen molar-refractivity contribution < 1.29 is 57.8 Å². The van der Waals surface area contributed by atoms with Crippen LogP contribution in [-0.4, -0.2) is 91.0 Å². The highest BCUT2D eigenvalue weighted by Gasteiger charge is 2.58. The van der Waals surface area contributed by atoms with E-state index in [4.69, 9.17) is 0 Å². The molecule has 0 fully saturated rings. The van der Waals surface area contributed by atoms with Crippen molar-refractivity contribution in [3.05, 3.63) is 35.9 Å². The number of hydrogen-bond acceptors (Lipinski definition) is 8. The van der Waals surface area contributed by atoms with Crippen molar-refractivity contribution >= 4 is 44.7 Å². The van der Waals surface area contributed by atoms with Gasteiger partial charge >= 0.3 is 15.2 Å². The maximum absolute atomic E-state index is 13.3. The first-order valence-electron chi connectivity index (χ1n) is 14.1. The van der Waals surface area contributed by atoms with E-state index in [0.29, 0.717) is 0 Å². The Balaban J connectivity index is 2.84. The van der Waals surface area contributed by atoms with Crippen LogP contribution in [0.15, 0.2) is 30.3 Å². The minimum Gasteiger partial charge on any atom is -0.368 e. The van der Waals surface area contributed by atoms with Crippen molar-refractivity contribution in [1.82, 2.24) is 26.6 Å². The molecule has 254 valence electrons. The van der Waals surface area contributed by atoms with E-state index in [2.05, 4.69) is 26.6 Å². The van der Waals surface area contributed by atoms with E-state index in [0.717, 1.165) is 5.56 Å². The molecule has 17 nitrogen and oxygen atoms in total. The summed E-state index contributed by atoms with van der Waals surface area (Å²) in [5.74, 6) is -3.21. The van der Waals surface area contributed by atoms with Crippen molar-refractivity contribution in [3.63, 3.8) is 0 Å². The molecule has 5 amide bonds. The van der Waals surface area contributed by atoms with Crippen molar-refractivity contribution in [1.29, 1.82) is 0 Å². The van der Waals surface area contributed by atoms with Crippen LogP contribution in [0.25, 0.3) is 0 Å².